The first-order chi connectivity index (χ1) is 17.7. The number of carbonyl (C=O) groups excluding carboxylic acids is 1. The smallest absolute Gasteiger partial charge is 0.248 e. The molecule has 8 heteroatoms. The van der Waals surface area contributed by atoms with Crippen LogP contribution in [0.1, 0.15) is 101 Å². The second kappa shape index (κ2) is 10.8. The van der Waals surface area contributed by atoms with Crippen molar-refractivity contribution < 1.29 is 13.6 Å². The van der Waals surface area contributed by atoms with E-state index in [2.05, 4.69) is 49.2 Å². The number of rotatable bonds is 8. The molecule has 1 aromatic carbocycles. The van der Waals surface area contributed by atoms with Crippen LogP contribution in [0.3, 0.4) is 0 Å². The number of amides is 1. The Balaban J connectivity index is 1.33. The molecule has 2 saturated heterocycles. The largest absolute Gasteiger partial charge is 0.353 e. The van der Waals surface area contributed by atoms with Crippen molar-refractivity contribution in [2.45, 2.75) is 115 Å². The van der Waals surface area contributed by atoms with Crippen molar-refractivity contribution in [1.82, 2.24) is 25.0 Å². The third-order valence-corrected chi connectivity index (χ3v) is 8.89. The van der Waals surface area contributed by atoms with Crippen LogP contribution in [-0.2, 0) is 4.79 Å². The normalized spacial score (nSPS) is 26.9. The summed E-state index contributed by atoms with van der Waals surface area (Å²) in [6.45, 7) is 6.84. The van der Waals surface area contributed by atoms with Gasteiger partial charge in [0.1, 0.15) is 11.6 Å². The van der Waals surface area contributed by atoms with Crippen LogP contribution < -0.4 is 5.32 Å². The molecular weight excluding hydrogens is 472 g/mol. The summed E-state index contributed by atoms with van der Waals surface area (Å²) in [5, 5.41) is 12.2. The molecule has 202 valence electrons. The Morgan fingerprint density at radius 3 is 2.32 bits per heavy atom. The van der Waals surface area contributed by atoms with Crippen LogP contribution in [0.4, 0.5) is 8.78 Å². The van der Waals surface area contributed by atoms with Crippen LogP contribution in [0.2, 0.25) is 0 Å². The van der Waals surface area contributed by atoms with Gasteiger partial charge in [-0.25, -0.2) is 8.78 Å². The van der Waals surface area contributed by atoms with Crippen LogP contribution in [0, 0.1) is 12.8 Å². The Kier molecular flexibility index (Phi) is 7.66. The third kappa shape index (κ3) is 5.74. The molecule has 3 unspecified atom stereocenters. The zero-order valence-corrected chi connectivity index (χ0v) is 22.4. The summed E-state index contributed by atoms with van der Waals surface area (Å²) in [5.74, 6) is -0.672. The third-order valence-electron chi connectivity index (χ3n) is 8.89. The molecule has 1 N–H and O–H groups in total. The van der Waals surface area contributed by atoms with E-state index in [1.165, 1.54) is 18.4 Å². The number of aryl methyl sites for hydroxylation is 1. The van der Waals surface area contributed by atoms with Crippen LogP contribution >= 0.6 is 0 Å². The van der Waals surface area contributed by atoms with Crippen molar-refractivity contribution in [3.05, 3.63) is 47.5 Å². The lowest BCUT2D eigenvalue weighted by molar-refractivity contribution is -0.125. The highest BCUT2D eigenvalue weighted by Crippen LogP contribution is 2.42. The Morgan fingerprint density at radius 2 is 1.70 bits per heavy atom. The monoisotopic (exact) mass is 513 g/mol. The van der Waals surface area contributed by atoms with E-state index in [9.17, 15) is 13.6 Å². The van der Waals surface area contributed by atoms with Crippen LogP contribution in [0.25, 0.3) is 0 Å². The number of fused-ring (bicyclic) bond motifs is 2. The van der Waals surface area contributed by atoms with Gasteiger partial charge in [-0.2, -0.15) is 0 Å². The highest BCUT2D eigenvalue weighted by atomic mass is 19.3. The molecule has 1 amide bonds. The topological polar surface area (TPSA) is 63.1 Å². The molecule has 3 heterocycles. The lowest BCUT2D eigenvalue weighted by Gasteiger charge is -2.40. The van der Waals surface area contributed by atoms with Crippen molar-refractivity contribution in [2.24, 2.45) is 5.92 Å². The first-order valence-electron chi connectivity index (χ1n) is 14.1. The molecule has 3 aliphatic rings. The Morgan fingerprint density at radius 1 is 1.05 bits per heavy atom. The number of alkyl halides is 2. The maximum absolute atomic E-state index is 13.9. The molecule has 0 spiro atoms. The Labute approximate surface area is 219 Å². The predicted molar refractivity (Wildman–Crippen MR) is 140 cm³/mol. The van der Waals surface area contributed by atoms with E-state index in [0.717, 1.165) is 37.5 Å². The van der Waals surface area contributed by atoms with Gasteiger partial charge in [0.2, 0.25) is 11.8 Å². The van der Waals surface area contributed by atoms with Gasteiger partial charge in [-0.3, -0.25) is 9.69 Å². The SMILES string of the molecule is Cc1nnc(C2CCC(F)(F)CC2)n1C(CCN1C2CCC1CC(NC(=O)C(C)C)C2)c1ccccc1. The number of hydrogen-bond donors (Lipinski definition) is 1. The quantitative estimate of drug-likeness (QED) is 0.497. The van der Waals surface area contributed by atoms with E-state index < -0.39 is 5.92 Å². The second-order valence-electron chi connectivity index (χ2n) is 11.8. The molecular formula is C29H41F2N5O. The summed E-state index contributed by atoms with van der Waals surface area (Å²) in [6.07, 6.45) is 6.05. The predicted octanol–water partition coefficient (Wildman–Crippen LogP) is 5.63. The average molecular weight is 514 g/mol. The molecule has 1 aromatic heterocycles. The molecule has 2 aliphatic heterocycles. The summed E-state index contributed by atoms with van der Waals surface area (Å²) in [7, 11) is 0. The first-order valence-corrected chi connectivity index (χ1v) is 14.1. The Hall–Kier alpha value is -2.35. The van der Waals surface area contributed by atoms with Gasteiger partial charge in [0, 0.05) is 49.3 Å². The number of aromatic nitrogens is 3. The molecule has 2 bridgehead atoms. The molecule has 0 radical (unpaired) electrons. The number of benzene rings is 1. The number of hydrogen-bond acceptors (Lipinski definition) is 4. The summed E-state index contributed by atoms with van der Waals surface area (Å²) in [5.41, 5.74) is 1.21. The van der Waals surface area contributed by atoms with Gasteiger partial charge in [0.05, 0.1) is 6.04 Å². The molecule has 37 heavy (non-hydrogen) atoms. The lowest BCUT2D eigenvalue weighted by Crippen LogP contribution is -2.51. The lowest BCUT2D eigenvalue weighted by atomic mass is 9.86. The standard InChI is InChI=1S/C29H41F2N5O/c1-19(2)28(37)32-23-17-24-9-10-25(18-23)35(24)16-13-26(21-7-5-4-6-8-21)36-20(3)33-34-27(36)22-11-14-29(30,31)15-12-22/h4-8,19,22-26H,9-18H2,1-3H3,(H,32,37). The maximum Gasteiger partial charge on any atom is 0.248 e. The number of halogens is 2. The first kappa shape index (κ1) is 26.3. The van der Waals surface area contributed by atoms with Crippen molar-refractivity contribution in [3.8, 4) is 0 Å². The van der Waals surface area contributed by atoms with E-state index in [-0.39, 0.29) is 42.7 Å². The highest BCUT2D eigenvalue weighted by molar-refractivity contribution is 5.78. The molecule has 6 nitrogen and oxygen atoms in total. The minimum atomic E-state index is -2.56. The molecule has 3 atom stereocenters. The summed E-state index contributed by atoms with van der Waals surface area (Å²) in [4.78, 5) is 14.9. The fourth-order valence-electron chi connectivity index (χ4n) is 6.86. The number of nitrogens with one attached hydrogen (secondary N) is 1. The minimum absolute atomic E-state index is 0.0129. The number of nitrogens with zero attached hydrogens (tertiary/aromatic N) is 4. The molecule has 2 aromatic rings. The van der Waals surface area contributed by atoms with Crippen molar-refractivity contribution >= 4 is 5.91 Å². The van der Waals surface area contributed by atoms with Gasteiger partial charge in [-0.1, -0.05) is 44.2 Å². The summed E-state index contributed by atoms with van der Waals surface area (Å²) < 4.78 is 30.0. The van der Waals surface area contributed by atoms with E-state index in [4.69, 9.17) is 0 Å². The maximum atomic E-state index is 13.9. The Bertz CT molecular complexity index is 1050. The van der Waals surface area contributed by atoms with Gasteiger partial charge >= 0.3 is 0 Å². The highest BCUT2D eigenvalue weighted by Gasteiger charge is 2.42. The van der Waals surface area contributed by atoms with Crippen molar-refractivity contribution in [1.29, 1.82) is 0 Å². The second-order valence-corrected chi connectivity index (χ2v) is 11.8. The van der Waals surface area contributed by atoms with Crippen molar-refractivity contribution in [3.63, 3.8) is 0 Å². The van der Waals surface area contributed by atoms with Crippen LogP contribution in [0.15, 0.2) is 30.3 Å². The zero-order chi connectivity index (χ0) is 26.2. The van der Waals surface area contributed by atoms with Gasteiger partial charge < -0.3 is 9.88 Å². The van der Waals surface area contributed by atoms with E-state index in [1.54, 1.807) is 0 Å². The molecule has 5 rings (SSSR count). The van der Waals surface area contributed by atoms with Gasteiger partial charge in [0.15, 0.2) is 0 Å². The van der Waals surface area contributed by atoms with Crippen LogP contribution in [-0.4, -0.2) is 56.2 Å². The van der Waals surface area contributed by atoms with Crippen LogP contribution in [0.5, 0.6) is 0 Å². The van der Waals surface area contributed by atoms with Gasteiger partial charge in [-0.15, -0.1) is 10.2 Å². The fraction of sp³-hybridized carbons (Fsp3) is 0.690. The molecule has 1 saturated carbocycles. The molecule has 3 fully saturated rings. The summed E-state index contributed by atoms with van der Waals surface area (Å²) >= 11 is 0. The fourth-order valence-corrected chi connectivity index (χ4v) is 6.86. The van der Waals surface area contributed by atoms with Gasteiger partial charge in [0.25, 0.3) is 0 Å². The average Bonchev–Trinajstić information content (AvgIpc) is 3.35. The molecule has 1 aliphatic carbocycles. The number of piperidine rings is 1. The number of carbonyl (C=O) groups is 1. The summed E-state index contributed by atoms with van der Waals surface area (Å²) in [6, 6.07) is 11.8. The minimum Gasteiger partial charge on any atom is -0.353 e. The van der Waals surface area contributed by atoms with Crippen molar-refractivity contribution in [2.75, 3.05) is 6.54 Å². The van der Waals surface area contributed by atoms with Gasteiger partial charge in [-0.05, 0) is 57.4 Å². The zero-order valence-electron chi connectivity index (χ0n) is 22.4. The van der Waals surface area contributed by atoms with E-state index in [1.807, 2.05) is 26.8 Å². The van der Waals surface area contributed by atoms with E-state index in [0.29, 0.717) is 24.9 Å². The van der Waals surface area contributed by atoms with E-state index >= 15 is 0 Å².